The van der Waals surface area contributed by atoms with Gasteiger partial charge in [-0.1, -0.05) is 42.5 Å². The Hall–Kier alpha value is -3.27. The Morgan fingerprint density at radius 2 is 1.69 bits per heavy atom. The zero-order chi connectivity index (χ0) is 18.4. The van der Waals surface area contributed by atoms with Crippen molar-refractivity contribution < 1.29 is 19.0 Å². The Kier molecular flexibility index (Phi) is 5.54. The van der Waals surface area contributed by atoms with Gasteiger partial charge < -0.3 is 14.2 Å². The topological polar surface area (TPSA) is 44.8 Å². The Balaban J connectivity index is 1.69. The fourth-order valence-corrected chi connectivity index (χ4v) is 2.60. The van der Waals surface area contributed by atoms with Gasteiger partial charge in [0.1, 0.15) is 12.4 Å². The fourth-order valence-electron chi connectivity index (χ4n) is 2.60. The summed E-state index contributed by atoms with van der Waals surface area (Å²) in [4.78, 5) is 12.0. The van der Waals surface area contributed by atoms with E-state index in [0.717, 1.165) is 11.1 Å². The Morgan fingerprint density at radius 1 is 0.923 bits per heavy atom. The number of para-hydroxylation sites is 1. The molecule has 3 aromatic rings. The summed E-state index contributed by atoms with van der Waals surface area (Å²) in [5, 5.41) is 0. The minimum Gasteiger partial charge on any atom is -0.493 e. The molecule has 132 valence electrons. The van der Waals surface area contributed by atoms with E-state index in [-0.39, 0.29) is 12.6 Å². The molecule has 0 aliphatic carbocycles. The maximum atomic E-state index is 12.0. The van der Waals surface area contributed by atoms with Crippen molar-refractivity contribution in [2.45, 2.75) is 13.5 Å². The smallest absolute Gasteiger partial charge is 0.338 e. The van der Waals surface area contributed by atoms with Crippen LogP contribution in [0.1, 0.15) is 21.5 Å². The van der Waals surface area contributed by atoms with E-state index in [2.05, 4.69) is 0 Å². The van der Waals surface area contributed by atoms with E-state index in [1.165, 1.54) is 0 Å². The van der Waals surface area contributed by atoms with Gasteiger partial charge in [0.25, 0.3) is 0 Å². The molecule has 0 saturated carbocycles. The summed E-state index contributed by atoms with van der Waals surface area (Å²) in [5.74, 6) is 1.65. The number of esters is 1. The Bertz CT molecular complexity index is 888. The quantitative estimate of drug-likeness (QED) is 0.578. The number of ether oxygens (including phenoxy) is 3. The Morgan fingerprint density at radius 3 is 2.46 bits per heavy atom. The van der Waals surface area contributed by atoms with Crippen molar-refractivity contribution in [3.63, 3.8) is 0 Å². The first-order chi connectivity index (χ1) is 12.7. The standard InChI is InChI=1S/C22H20O4/c1-16-8-6-13-20(21(16)24-2)26-19-12-7-9-17(14-19)15-25-22(23)18-10-4-3-5-11-18/h3-14H,15H2,1-2H3. The van der Waals surface area contributed by atoms with Gasteiger partial charge in [0.15, 0.2) is 11.5 Å². The molecule has 0 N–H and O–H groups in total. The number of hydrogen-bond donors (Lipinski definition) is 0. The second-order valence-electron chi connectivity index (χ2n) is 5.80. The van der Waals surface area contributed by atoms with Crippen LogP contribution >= 0.6 is 0 Å². The zero-order valence-corrected chi connectivity index (χ0v) is 14.8. The van der Waals surface area contributed by atoms with Crippen LogP contribution in [0.15, 0.2) is 72.8 Å². The lowest BCUT2D eigenvalue weighted by Crippen LogP contribution is -2.04. The molecular weight excluding hydrogens is 328 g/mol. The fraction of sp³-hybridized carbons (Fsp3) is 0.136. The SMILES string of the molecule is COc1c(C)cccc1Oc1cccc(COC(=O)c2ccccc2)c1. The van der Waals surface area contributed by atoms with Crippen molar-refractivity contribution in [2.75, 3.05) is 7.11 Å². The normalized spacial score (nSPS) is 10.2. The highest BCUT2D eigenvalue weighted by Crippen LogP contribution is 2.34. The highest BCUT2D eigenvalue weighted by molar-refractivity contribution is 5.89. The third-order valence-electron chi connectivity index (χ3n) is 3.89. The lowest BCUT2D eigenvalue weighted by molar-refractivity contribution is 0.0472. The van der Waals surface area contributed by atoms with Crippen molar-refractivity contribution in [3.8, 4) is 17.2 Å². The third kappa shape index (κ3) is 4.22. The predicted octanol–water partition coefficient (Wildman–Crippen LogP) is 5.15. The molecular formula is C22H20O4. The lowest BCUT2D eigenvalue weighted by Gasteiger charge is -2.13. The minimum atomic E-state index is -0.350. The van der Waals surface area contributed by atoms with Crippen LogP contribution in [-0.4, -0.2) is 13.1 Å². The van der Waals surface area contributed by atoms with Crippen LogP contribution in [0.2, 0.25) is 0 Å². The van der Waals surface area contributed by atoms with E-state index < -0.39 is 0 Å². The van der Waals surface area contributed by atoms with Crippen LogP contribution in [0.4, 0.5) is 0 Å². The molecule has 4 heteroatoms. The number of carbonyl (C=O) groups excluding carboxylic acids is 1. The molecule has 0 heterocycles. The molecule has 3 rings (SSSR count). The zero-order valence-electron chi connectivity index (χ0n) is 14.8. The van der Waals surface area contributed by atoms with E-state index in [0.29, 0.717) is 22.8 Å². The van der Waals surface area contributed by atoms with E-state index in [4.69, 9.17) is 14.2 Å². The van der Waals surface area contributed by atoms with Crippen LogP contribution in [0.25, 0.3) is 0 Å². The van der Waals surface area contributed by atoms with Gasteiger partial charge in [0.05, 0.1) is 12.7 Å². The molecule has 0 radical (unpaired) electrons. The number of rotatable bonds is 6. The number of carbonyl (C=O) groups is 1. The molecule has 0 aromatic heterocycles. The van der Waals surface area contributed by atoms with Crippen molar-refractivity contribution in [1.29, 1.82) is 0 Å². The molecule has 0 unspecified atom stereocenters. The van der Waals surface area contributed by atoms with Crippen LogP contribution in [0.3, 0.4) is 0 Å². The first-order valence-electron chi connectivity index (χ1n) is 8.30. The molecule has 26 heavy (non-hydrogen) atoms. The molecule has 0 spiro atoms. The van der Waals surface area contributed by atoms with E-state index >= 15 is 0 Å². The summed E-state index contributed by atoms with van der Waals surface area (Å²) in [5.41, 5.74) is 2.38. The number of methoxy groups -OCH3 is 1. The number of benzene rings is 3. The molecule has 0 aliphatic heterocycles. The first-order valence-corrected chi connectivity index (χ1v) is 8.30. The average Bonchev–Trinajstić information content (AvgIpc) is 2.67. The van der Waals surface area contributed by atoms with Gasteiger partial charge in [-0.05, 0) is 48.4 Å². The molecule has 0 saturated heterocycles. The second-order valence-corrected chi connectivity index (χ2v) is 5.80. The average molecular weight is 348 g/mol. The first kappa shape index (κ1) is 17.5. The molecule has 0 amide bonds. The maximum absolute atomic E-state index is 12.0. The summed E-state index contributed by atoms with van der Waals surface area (Å²) in [6, 6.07) is 22.1. The lowest BCUT2D eigenvalue weighted by atomic mass is 10.2. The van der Waals surface area contributed by atoms with E-state index in [1.54, 1.807) is 31.4 Å². The number of hydrogen-bond acceptors (Lipinski definition) is 4. The van der Waals surface area contributed by atoms with Gasteiger partial charge in [0, 0.05) is 0 Å². The molecule has 0 aliphatic rings. The molecule has 3 aromatic carbocycles. The van der Waals surface area contributed by atoms with Gasteiger partial charge in [-0.15, -0.1) is 0 Å². The molecule has 0 bridgehead atoms. The van der Waals surface area contributed by atoms with Crippen molar-refractivity contribution >= 4 is 5.97 Å². The van der Waals surface area contributed by atoms with Gasteiger partial charge in [-0.3, -0.25) is 0 Å². The monoisotopic (exact) mass is 348 g/mol. The van der Waals surface area contributed by atoms with Crippen LogP contribution in [0.5, 0.6) is 17.2 Å². The van der Waals surface area contributed by atoms with Gasteiger partial charge in [-0.25, -0.2) is 4.79 Å². The van der Waals surface area contributed by atoms with Gasteiger partial charge >= 0.3 is 5.97 Å². The minimum absolute atomic E-state index is 0.176. The summed E-state index contributed by atoms with van der Waals surface area (Å²) in [6.45, 7) is 2.14. The largest absolute Gasteiger partial charge is 0.493 e. The summed E-state index contributed by atoms with van der Waals surface area (Å²) >= 11 is 0. The Labute approximate surface area is 153 Å². The molecule has 4 nitrogen and oxygen atoms in total. The molecule has 0 atom stereocenters. The summed E-state index contributed by atoms with van der Waals surface area (Å²) < 4.78 is 16.7. The highest BCUT2D eigenvalue weighted by atomic mass is 16.5. The van der Waals surface area contributed by atoms with Gasteiger partial charge in [-0.2, -0.15) is 0 Å². The highest BCUT2D eigenvalue weighted by Gasteiger charge is 2.10. The van der Waals surface area contributed by atoms with E-state index in [9.17, 15) is 4.79 Å². The maximum Gasteiger partial charge on any atom is 0.338 e. The van der Waals surface area contributed by atoms with Crippen LogP contribution in [0, 0.1) is 6.92 Å². The van der Waals surface area contributed by atoms with Crippen LogP contribution in [-0.2, 0) is 11.3 Å². The van der Waals surface area contributed by atoms with Gasteiger partial charge in [0.2, 0.25) is 0 Å². The predicted molar refractivity (Wildman–Crippen MR) is 99.8 cm³/mol. The van der Waals surface area contributed by atoms with E-state index in [1.807, 2.05) is 55.5 Å². The summed E-state index contributed by atoms with van der Waals surface area (Å²) in [6.07, 6.45) is 0. The number of aryl methyl sites for hydroxylation is 1. The summed E-state index contributed by atoms with van der Waals surface area (Å²) in [7, 11) is 1.62. The molecule has 0 fully saturated rings. The van der Waals surface area contributed by atoms with Crippen molar-refractivity contribution in [3.05, 3.63) is 89.5 Å². The van der Waals surface area contributed by atoms with Crippen molar-refractivity contribution in [1.82, 2.24) is 0 Å². The third-order valence-corrected chi connectivity index (χ3v) is 3.89. The second kappa shape index (κ2) is 8.21. The van der Waals surface area contributed by atoms with Crippen molar-refractivity contribution in [2.24, 2.45) is 0 Å². The van der Waals surface area contributed by atoms with Crippen LogP contribution < -0.4 is 9.47 Å².